The van der Waals surface area contributed by atoms with Gasteiger partial charge in [-0.05, 0) is 42.0 Å². The Kier molecular flexibility index (Phi) is 7.00. The van der Waals surface area contributed by atoms with Crippen LogP contribution >= 0.6 is 0 Å². The third kappa shape index (κ3) is 5.98. The zero-order valence-electron chi connectivity index (χ0n) is 16.3. The van der Waals surface area contributed by atoms with Crippen LogP contribution in [0, 0.1) is 0 Å². The van der Waals surface area contributed by atoms with Crippen LogP contribution in [0.2, 0.25) is 0 Å². The number of sulfonamides is 1. The number of methoxy groups -OCH3 is 1. The molecule has 0 saturated heterocycles. The second kappa shape index (κ2) is 9.23. The number of carbonyl (C=O) groups excluding carboxylic acids is 1. The van der Waals surface area contributed by atoms with Crippen LogP contribution in [-0.4, -0.2) is 54.5 Å². The first-order valence-corrected chi connectivity index (χ1v) is 10.3. The number of anilines is 2. The fourth-order valence-corrected chi connectivity index (χ4v) is 3.21. The summed E-state index contributed by atoms with van der Waals surface area (Å²) in [6.45, 7) is -0.387. The minimum atomic E-state index is -3.65. The molecule has 150 valence electrons. The SMILES string of the molecule is COc1ccc(N(CC(=O)N/N=C/c2ccc(N(C)C)cc2)S(C)(=O)=O)cc1. The van der Waals surface area contributed by atoms with Crippen molar-refractivity contribution in [1.29, 1.82) is 0 Å². The molecule has 9 heteroatoms. The highest BCUT2D eigenvalue weighted by molar-refractivity contribution is 7.92. The van der Waals surface area contributed by atoms with Gasteiger partial charge in [0.25, 0.3) is 5.91 Å². The maximum absolute atomic E-state index is 12.2. The highest BCUT2D eigenvalue weighted by atomic mass is 32.2. The Morgan fingerprint density at radius 3 is 2.14 bits per heavy atom. The number of hydrogen-bond donors (Lipinski definition) is 1. The maximum Gasteiger partial charge on any atom is 0.260 e. The largest absolute Gasteiger partial charge is 0.497 e. The average Bonchev–Trinajstić information content (AvgIpc) is 2.66. The molecule has 2 aromatic rings. The molecule has 0 aliphatic heterocycles. The van der Waals surface area contributed by atoms with Crippen LogP contribution in [0.5, 0.6) is 5.75 Å². The molecule has 0 saturated carbocycles. The van der Waals surface area contributed by atoms with E-state index in [9.17, 15) is 13.2 Å². The quantitative estimate of drug-likeness (QED) is 0.534. The predicted octanol–water partition coefficient (Wildman–Crippen LogP) is 1.68. The van der Waals surface area contributed by atoms with Gasteiger partial charge in [-0.15, -0.1) is 0 Å². The van der Waals surface area contributed by atoms with E-state index in [1.807, 2.05) is 43.3 Å². The molecule has 0 bridgehead atoms. The number of hydrazone groups is 1. The molecule has 0 spiro atoms. The molecule has 0 heterocycles. The normalized spacial score (nSPS) is 11.3. The molecule has 1 amide bonds. The van der Waals surface area contributed by atoms with Gasteiger partial charge in [0.05, 0.1) is 25.3 Å². The Hall–Kier alpha value is -3.07. The molecule has 28 heavy (non-hydrogen) atoms. The van der Waals surface area contributed by atoms with Crippen LogP contribution in [0.25, 0.3) is 0 Å². The van der Waals surface area contributed by atoms with Crippen LogP contribution in [0.15, 0.2) is 53.6 Å². The summed E-state index contributed by atoms with van der Waals surface area (Å²) in [7, 11) is 1.76. The molecule has 0 aromatic heterocycles. The monoisotopic (exact) mass is 404 g/mol. The van der Waals surface area contributed by atoms with Crippen molar-refractivity contribution in [2.75, 3.05) is 43.2 Å². The highest BCUT2D eigenvalue weighted by Crippen LogP contribution is 2.21. The lowest BCUT2D eigenvalue weighted by molar-refractivity contribution is -0.119. The Morgan fingerprint density at radius 1 is 1.07 bits per heavy atom. The van der Waals surface area contributed by atoms with E-state index in [4.69, 9.17) is 4.74 Å². The summed E-state index contributed by atoms with van der Waals surface area (Å²) in [6, 6.07) is 14.0. The van der Waals surface area contributed by atoms with Gasteiger partial charge in [-0.3, -0.25) is 9.10 Å². The van der Waals surface area contributed by atoms with Crippen molar-refractivity contribution < 1.29 is 17.9 Å². The first-order valence-electron chi connectivity index (χ1n) is 8.42. The second-order valence-corrected chi connectivity index (χ2v) is 8.15. The van der Waals surface area contributed by atoms with Crippen LogP contribution in [-0.2, 0) is 14.8 Å². The molecule has 2 rings (SSSR count). The topological polar surface area (TPSA) is 91.3 Å². The van der Waals surface area contributed by atoms with Gasteiger partial charge in [0.15, 0.2) is 0 Å². The number of hydrogen-bond acceptors (Lipinski definition) is 6. The van der Waals surface area contributed by atoms with Gasteiger partial charge in [-0.1, -0.05) is 12.1 Å². The average molecular weight is 404 g/mol. The fraction of sp³-hybridized carbons (Fsp3) is 0.263. The van der Waals surface area contributed by atoms with E-state index in [-0.39, 0.29) is 6.54 Å². The highest BCUT2D eigenvalue weighted by Gasteiger charge is 2.20. The molecule has 0 radical (unpaired) electrons. The van der Waals surface area contributed by atoms with Crippen molar-refractivity contribution in [1.82, 2.24) is 5.43 Å². The minimum Gasteiger partial charge on any atom is -0.497 e. The first kappa shape index (κ1) is 21.2. The predicted molar refractivity (Wildman–Crippen MR) is 112 cm³/mol. The zero-order valence-corrected chi connectivity index (χ0v) is 17.1. The summed E-state index contributed by atoms with van der Waals surface area (Å²) >= 11 is 0. The zero-order chi connectivity index (χ0) is 20.7. The lowest BCUT2D eigenvalue weighted by Gasteiger charge is -2.21. The minimum absolute atomic E-state index is 0.363. The van der Waals surface area contributed by atoms with E-state index >= 15 is 0 Å². The van der Waals surface area contributed by atoms with Crippen molar-refractivity contribution in [2.24, 2.45) is 5.10 Å². The lowest BCUT2D eigenvalue weighted by Crippen LogP contribution is -2.39. The molecule has 0 fully saturated rings. The standard InChI is InChI=1S/C19H24N4O4S/c1-22(2)16-7-5-15(6-8-16)13-20-21-19(24)14-23(28(4,25)26)17-9-11-18(27-3)12-10-17/h5-13H,14H2,1-4H3,(H,21,24)/b20-13+. The first-order chi connectivity index (χ1) is 13.2. The second-order valence-electron chi connectivity index (χ2n) is 6.25. The van der Waals surface area contributed by atoms with Gasteiger partial charge in [0, 0.05) is 19.8 Å². The van der Waals surface area contributed by atoms with Crippen LogP contribution < -0.4 is 19.4 Å². The van der Waals surface area contributed by atoms with Crippen LogP contribution in [0.4, 0.5) is 11.4 Å². The number of rotatable bonds is 8. The van der Waals surface area contributed by atoms with Crippen molar-refractivity contribution in [2.45, 2.75) is 0 Å². The van der Waals surface area contributed by atoms with Gasteiger partial charge >= 0.3 is 0 Å². The third-order valence-corrected chi connectivity index (χ3v) is 5.00. The molecule has 0 unspecified atom stereocenters. The number of nitrogens with zero attached hydrogens (tertiary/aromatic N) is 3. The summed E-state index contributed by atoms with van der Waals surface area (Å²) < 4.78 is 30.2. The van der Waals surface area contributed by atoms with E-state index in [1.54, 1.807) is 24.3 Å². The lowest BCUT2D eigenvalue weighted by atomic mass is 10.2. The Morgan fingerprint density at radius 2 is 1.64 bits per heavy atom. The molecule has 0 atom stereocenters. The van der Waals surface area contributed by atoms with E-state index < -0.39 is 15.9 Å². The van der Waals surface area contributed by atoms with Crippen molar-refractivity contribution in [3.8, 4) is 5.75 Å². The summed E-state index contributed by atoms with van der Waals surface area (Å²) in [5.74, 6) is 0.0361. The Labute approximate surface area is 165 Å². The molecule has 0 aliphatic rings. The smallest absolute Gasteiger partial charge is 0.260 e. The third-order valence-electron chi connectivity index (χ3n) is 3.86. The van der Waals surface area contributed by atoms with E-state index in [2.05, 4.69) is 10.5 Å². The van der Waals surface area contributed by atoms with Gasteiger partial charge in [-0.25, -0.2) is 13.8 Å². The maximum atomic E-state index is 12.2. The number of nitrogens with one attached hydrogen (secondary N) is 1. The summed E-state index contributed by atoms with van der Waals surface area (Å²) in [5.41, 5.74) is 4.57. The summed E-state index contributed by atoms with van der Waals surface area (Å²) in [5, 5.41) is 3.89. The van der Waals surface area contributed by atoms with Crippen molar-refractivity contribution in [3.05, 3.63) is 54.1 Å². The van der Waals surface area contributed by atoms with Gasteiger partial charge in [-0.2, -0.15) is 5.10 Å². The van der Waals surface area contributed by atoms with E-state index in [0.717, 1.165) is 21.8 Å². The summed E-state index contributed by atoms with van der Waals surface area (Å²) in [6.07, 6.45) is 2.54. The van der Waals surface area contributed by atoms with Gasteiger partial charge in [0.1, 0.15) is 12.3 Å². The Balaban J connectivity index is 2.03. The molecular weight excluding hydrogens is 380 g/mol. The van der Waals surface area contributed by atoms with Crippen molar-refractivity contribution >= 4 is 33.5 Å². The molecule has 2 aromatic carbocycles. The number of ether oxygens (including phenoxy) is 1. The molecular formula is C19H24N4O4S. The number of amides is 1. The van der Waals surface area contributed by atoms with E-state index in [1.165, 1.54) is 13.3 Å². The number of carbonyl (C=O) groups is 1. The molecule has 8 nitrogen and oxygen atoms in total. The van der Waals surface area contributed by atoms with Crippen LogP contribution in [0.1, 0.15) is 5.56 Å². The van der Waals surface area contributed by atoms with Crippen molar-refractivity contribution in [3.63, 3.8) is 0 Å². The van der Waals surface area contributed by atoms with E-state index in [0.29, 0.717) is 11.4 Å². The number of benzene rings is 2. The van der Waals surface area contributed by atoms with Gasteiger partial charge < -0.3 is 9.64 Å². The fourth-order valence-electron chi connectivity index (χ4n) is 2.35. The molecule has 1 N–H and O–H groups in total. The van der Waals surface area contributed by atoms with Gasteiger partial charge in [0.2, 0.25) is 10.0 Å². The van der Waals surface area contributed by atoms with Crippen LogP contribution in [0.3, 0.4) is 0 Å². The Bertz CT molecular complexity index is 923. The molecule has 0 aliphatic carbocycles. The summed E-state index contributed by atoms with van der Waals surface area (Å²) in [4.78, 5) is 14.1.